The molecule has 0 spiro atoms. The molecule has 0 saturated heterocycles. The molecule has 2 heterocycles. The van der Waals surface area contributed by atoms with E-state index >= 15 is 0 Å². The van der Waals surface area contributed by atoms with Crippen LogP contribution in [0.15, 0.2) is 59.8 Å². The van der Waals surface area contributed by atoms with Crippen molar-refractivity contribution >= 4 is 28.8 Å². The molecular formula is C21H22N2O2S. The van der Waals surface area contributed by atoms with Crippen LogP contribution in [0.2, 0.25) is 0 Å². The molecule has 1 fully saturated rings. The van der Waals surface area contributed by atoms with Crippen LogP contribution in [-0.2, 0) is 9.53 Å². The minimum Gasteiger partial charge on any atom is -0.465 e. The van der Waals surface area contributed by atoms with E-state index in [0.717, 1.165) is 34.5 Å². The Morgan fingerprint density at radius 2 is 2.08 bits per heavy atom. The van der Waals surface area contributed by atoms with Gasteiger partial charge in [0, 0.05) is 23.0 Å². The van der Waals surface area contributed by atoms with Crippen LogP contribution in [0.1, 0.15) is 26.2 Å². The van der Waals surface area contributed by atoms with Crippen LogP contribution in [0.4, 0.5) is 0 Å². The monoisotopic (exact) mass is 366 g/mol. The molecule has 3 aromatic rings. The van der Waals surface area contributed by atoms with Gasteiger partial charge in [0.1, 0.15) is 5.25 Å². The first kappa shape index (κ1) is 17.2. The van der Waals surface area contributed by atoms with Gasteiger partial charge >= 0.3 is 5.97 Å². The van der Waals surface area contributed by atoms with Crippen LogP contribution in [0, 0.1) is 5.92 Å². The number of hydrogen-bond acceptors (Lipinski definition) is 4. The molecule has 4 nitrogen and oxygen atoms in total. The SMILES string of the molecule is CCOC(=O)C(Sc1ccnc2ccn(-c3ccccc3)c12)C1CCC1. The Morgan fingerprint density at radius 1 is 1.27 bits per heavy atom. The summed E-state index contributed by atoms with van der Waals surface area (Å²) >= 11 is 1.63. The Balaban J connectivity index is 1.73. The highest BCUT2D eigenvalue weighted by Crippen LogP contribution is 2.41. The molecule has 134 valence electrons. The molecule has 0 bridgehead atoms. The number of carbonyl (C=O) groups is 1. The van der Waals surface area contributed by atoms with E-state index in [9.17, 15) is 4.79 Å². The predicted molar refractivity (Wildman–Crippen MR) is 105 cm³/mol. The number of nitrogens with zero attached hydrogens (tertiary/aromatic N) is 2. The number of fused-ring (bicyclic) bond motifs is 1. The maximum Gasteiger partial charge on any atom is 0.319 e. The number of carbonyl (C=O) groups excluding carboxylic acids is 1. The van der Waals surface area contributed by atoms with E-state index in [1.807, 2.05) is 49.6 Å². The number of rotatable bonds is 6. The van der Waals surface area contributed by atoms with E-state index in [0.29, 0.717) is 12.5 Å². The van der Waals surface area contributed by atoms with Crippen molar-refractivity contribution < 1.29 is 9.53 Å². The molecule has 0 aliphatic heterocycles. The van der Waals surface area contributed by atoms with Gasteiger partial charge in [-0.05, 0) is 49.9 Å². The summed E-state index contributed by atoms with van der Waals surface area (Å²) < 4.78 is 7.51. The lowest BCUT2D eigenvalue weighted by Gasteiger charge is -2.31. The van der Waals surface area contributed by atoms with Crippen molar-refractivity contribution in [1.82, 2.24) is 9.55 Å². The maximum absolute atomic E-state index is 12.5. The lowest BCUT2D eigenvalue weighted by atomic mass is 9.82. The van der Waals surface area contributed by atoms with Gasteiger partial charge in [-0.3, -0.25) is 9.78 Å². The minimum absolute atomic E-state index is 0.0926. The average Bonchev–Trinajstić information content (AvgIpc) is 3.06. The second-order valence-corrected chi connectivity index (χ2v) is 7.73. The third kappa shape index (κ3) is 3.23. The van der Waals surface area contributed by atoms with Crippen LogP contribution in [0.25, 0.3) is 16.7 Å². The molecule has 1 saturated carbocycles. The van der Waals surface area contributed by atoms with E-state index in [1.54, 1.807) is 11.8 Å². The molecule has 1 atom stereocenters. The fraction of sp³-hybridized carbons (Fsp3) is 0.333. The van der Waals surface area contributed by atoms with Crippen molar-refractivity contribution in [3.8, 4) is 5.69 Å². The summed E-state index contributed by atoms with van der Waals surface area (Å²) in [7, 11) is 0. The standard InChI is InChI=1S/C21H22N2O2S/c1-2-25-21(24)20(15-7-6-8-15)26-18-11-13-22-17-12-14-23(19(17)18)16-9-4-3-5-10-16/h3-5,9-15,20H,2,6-8H2,1H3. The van der Waals surface area contributed by atoms with Crippen molar-refractivity contribution in [2.45, 2.75) is 36.3 Å². The van der Waals surface area contributed by atoms with Gasteiger partial charge in [-0.15, -0.1) is 11.8 Å². The van der Waals surface area contributed by atoms with Crippen LogP contribution in [0.5, 0.6) is 0 Å². The largest absolute Gasteiger partial charge is 0.465 e. The van der Waals surface area contributed by atoms with Crippen LogP contribution < -0.4 is 0 Å². The number of aromatic nitrogens is 2. The molecule has 26 heavy (non-hydrogen) atoms. The number of thioether (sulfide) groups is 1. The first-order chi connectivity index (χ1) is 12.8. The van der Waals surface area contributed by atoms with Gasteiger partial charge in [0.25, 0.3) is 0 Å². The van der Waals surface area contributed by atoms with Gasteiger partial charge in [0.05, 0.1) is 17.6 Å². The number of hydrogen-bond donors (Lipinski definition) is 0. The third-order valence-corrected chi connectivity index (χ3v) is 6.34. The molecule has 2 aromatic heterocycles. The zero-order valence-electron chi connectivity index (χ0n) is 14.8. The third-order valence-electron chi connectivity index (χ3n) is 4.92. The number of benzene rings is 1. The first-order valence-electron chi connectivity index (χ1n) is 9.12. The van der Waals surface area contributed by atoms with E-state index in [4.69, 9.17) is 4.74 Å². The normalized spacial score (nSPS) is 15.6. The Hall–Kier alpha value is -2.27. The fourth-order valence-corrected chi connectivity index (χ4v) is 4.73. The Labute approximate surface area is 157 Å². The second-order valence-electron chi connectivity index (χ2n) is 6.55. The maximum atomic E-state index is 12.5. The highest BCUT2D eigenvalue weighted by molar-refractivity contribution is 8.00. The summed E-state index contributed by atoms with van der Waals surface area (Å²) in [6, 6.07) is 14.3. The van der Waals surface area contributed by atoms with Crippen LogP contribution >= 0.6 is 11.8 Å². The summed E-state index contributed by atoms with van der Waals surface area (Å²) in [6.45, 7) is 2.29. The quantitative estimate of drug-likeness (QED) is 0.462. The number of esters is 1. The smallest absolute Gasteiger partial charge is 0.319 e. The van der Waals surface area contributed by atoms with Crippen molar-refractivity contribution in [2.24, 2.45) is 5.92 Å². The van der Waals surface area contributed by atoms with Crippen LogP contribution in [-0.4, -0.2) is 27.4 Å². The van der Waals surface area contributed by atoms with Gasteiger partial charge in [-0.1, -0.05) is 24.6 Å². The second kappa shape index (κ2) is 7.54. The molecule has 0 radical (unpaired) electrons. The highest BCUT2D eigenvalue weighted by Gasteiger charge is 2.35. The van der Waals surface area contributed by atoms with Gasteiger partial charge in [-0.2, -0.15) is 0 Å². The topological polar surface area (TPSA) is 44.1 Å². The van der Waals surface area contributed by atoms with Crippen molar-refractivity contribution in [2.75, 3.05) is 6.61 Å². The van der Waals surface area contributed by atoms with Crippen molar-refractivity contribution in [3.63, 3.8) is 0 Å². The Morgan fingerprint density at radius 3 is 2.77 bits per heavy atom. The lowest BCUT2D eigenvalue weighted by molar-refractivity contribution is -0.144. The number of ether oxygens (including phenoxy) is 1. The number of para-hydroxylation sites is 1. The van der Waals surface area contributed by atoms with Gasteiger partial charge in [0.15, 0.2) is 0 Å². The summed E-state index contributed by atoms with van der Waals surface area (Å²) in [5.41, 5.74) is 3.08. The zero-order chi connectivity index (χ0) is 17.9. The summed E-state index contributed by atoms with van der Waals surface area (Å²) in [5, 5.41) is -0.145. The van der Waals surface area contributed by atoms with Gasteiger partial charge in [0.2, 0.25) is 0 Å². The molecule has 0 amide bonds. The van der Waals surface area contributed by atoms with Crippen molar-refractivity contribution in [1.29, 1.82) is 0 Å². The average molecular weight is 366 g/mol. The molecule has 1 aliphatic carbocycles. The molecule has 1 aromatic carbocycles. The molecule has 5 heteroatoms. The summed E-state index contributed by atoms with van der Waals surface area (Å²) in [6.07, 6.45) is 7.27. The predicted octanol–water partition coefficient (Wildman–Crippen LogP) is 4.85. The Bertz CT molecular complexity index is 903. The Kier molecular flexibility index (Phi) is 4.98. The van der Waals surface area contributed by atoms with E-state index < -0.39 is 0 Å². The van der Waals surface area contributed by atoms with E-state index in [1.165, 1.54) is 6.42 Å². The zero-order valence-corrected chi connectivity index (χ0v) is 15.6. The molecular weight excluding hydrogens is 344 g/mol. The van der Waals surface area contributed by atoms with Gasteiger partial charge < -0.3 is 9.30 Å². The van der Waals surface area contributed by atoms with Gasteiger partial charge in [-0.25, -0.2) is 0 Å². The molecule has 4 rings (SSSR count). The fourth-order valence-electron chi connectivity index (χ4n) is 3.37. The van der Waals surface area contributed by atoms with E-state index in [-0.39, 0.29) is 11.2 Å². The first-order valence-corrected chi connectivity index (χ1v) is 10.0. The van der Waals surface area contributed by atoms with E-state index in [2.05, 4.69) is 21.7 Å². The minimum atomic E-state index is -0.145. The molecule has 0 N–H and O–H groups in total. The highest BCUT2D eigenvalue weighted by atomic mass is 32.2. The van der Waals surface area contributed by atoms with Crippen LogP contribution in [0.3, 0.4) is 0 Å². The number of pyridine rings is 1. The summed E-state index contributed by atoms with van der Waals surface area (Å²) in [5.74, 6) is 0.312. The molecule has 1 unspecified atom stereocenters. The summed E-state index contributed by atoms with van der Waals surface area (Å²) in [4.78, 5) is 18.1. The van der Waals surface area contributed by atoms with Crippen molar-refractivity contribution in [3.05, 3.63) is 54.9 Å². The molecule has 1 aliphatic rings. The lowest BCUT2D eigenvalue weighted by Crippen LogP contribution is -2.33.